The van der Waals surface area contributed by atoms with Crippen LogP contribution in [0.4, 0.5) is 0 Å². The SMILES string of the molecule is CCC(CO)C(CO)(CO)C(C=C(C)C(=O)O)(C=C(C)C(=O)O)C=C(C)C(=O)O. The maximum atomic E-state index is 11.5. The Morgan fingerprint density at radius 3 is 1.24 bits per heavy atom. The fourth-order valence-electron chi connectivity index (χ4n) is 3.45. The van der Waals surface area contributed by atoms with Crippen molar-refractivity contribution >= 4 is 17.9 Å². The van der Waals surface area contributed by atoms with Gasteiger partial charge in [0.25, 0.3) is 0 Å². The first-order chi connectivity index (χ1) is 13.4. The van der Waals surface area contributed by atoms with Gasteiger partial charge in [-0.15, -0.1) is 0 Å². The average Bonchev–Trinajstić information content (AvgIpc) is 2.65. The Hall–Kier alpha value is -2.49. The van der Waals surface area contributed by atoms with Crippen molar-refractivity contribution in [3.8, 4) is 0 Å². The molecule has 0 fully saturated rings. The zero-order valence-electron chi connectivity index (χ0n) is 17.0. The number of rotatable bonds is 12. The van der Waals surface area contributed by atoms with E-state index in [1.807, 2.05) is 0 Å². The van der Waals surface area contributed by atoms with Crippen LogP contribution < -0.4 is 0 Å². The number of carboxylic acids is 3. The summed E-state index contributed by atoms with van der Waals surface area (Å²) in [5.41, 5.74) is -4.30. The molecule has 0 radical (unpaired) electrons. The number of allylic oxidation sites excluding steroid dienone is 3. The highest BCUT2D eigenvalue weighted by molar-refractivity contribution is 5.89. The quantitative estimate of drug-likeness (QED) is 0.255. The van der Waals surface area contributed by atoms with Gasteiger partial charge in [-0.1, -0.05) is 31.6 Å². The van der Waals surface area contributed by atoms with Crippen LogP contribution in [0.2, 0.25) is 0 Å². The van der Waals surface area contributed by atoms with Crippen LogP contribution in [0.15, 0.2) is 34.9 Å². The van der Waals surface area contributed by atoms with E-state index in [9.17, 15) is 45.0 Å². The van der Waals surface area contributed by atoms with Gasteiger partial charge in [0.1, 0.15) is 0 Å². The molecule has 0 aromatic carbocycles. The first-order valence-electron chi connectivity index (χ1n) is 8.98. The molecule has 9 nitrogen and oxygen atoms in total. The van der Waals surface area contributed by atoms with Crippen molar-refractivity contribution in [3.63, 3.8) is 0 Å². The van der Waals surface area contributed by atoms with Crippen molar-refractivity contribution in [1.29, 1.82) is 0 Å². The van der Waals surface area contributed by atoms with Gasteiger partial charge in [0.15, 0.2) is 0 Å². The summed E-state index contributed by atoms with van der Waals surface area (Å²) in [7, 11) is 0. The van der Waals surface area contributed by atoms with Gasteiger partial charge in [0, 0.05) is 34.2 Å². The molecular weight excluding hydrogens is 384 g/mol. The Morgan fingerprint density at radius 1 is 0.759 bits per heavy atom. The Labute approximate surface area is 169 Å². The van der Waals surface area contributed by atoms with Crippen LogP contribution in [-0.4, -0.2) is 68.4 Å². The summed E-state index contributed by atoms with van der Waals surface area (Å²) >= 11 is 0. The molecule has 0 aliphatic rings. The first kappa shape index (κ1) is 26.5. The maximum Gasteiger partial charge on any atom is 0.330 e. The first-order valence-corrected chi connectivity index (χ1v) is 8.98. The minimum atomic E-state index is -1.84. The zero-order chi connectivity index (χ0) is 23.0. The van der Waals surface area contributed by atoms with E-state index in [2.05, 4.69) is 0 Å². The summed E-state index contributed by atoms with van der Waals surface area (Å²) in [4.78, 5) is 34.5. The van der Waals surface area contributed by atoms with E-state index in [1.165, 1.54) is 20.8 Å². The second-order valence-electron chi connectivity index (χ2n) is 7.09. The molecule has 0 aliphatic carbocycles. The van der Waals surface area contributed by atoms with Crippen molar-refractivity contribution in [2.45, 2.75) is 34.1 Å². The molecule has 1 unspecified atom stereocenters. The van der Waals surface area contributed by atoms with Gasteiger partial charge in [-0.3, -0.25) is 0 Å². The number of aliphatic hydroxyl groups excluding tert-OH is 3. The van der Waals surface area contributed by atoms with Gasteiger partial charge in [-0.2, -0.15) is 0 Å². The van der Waals surface area contributed by atoms with Crippen LogP contribution in [0.1, 0.15) is 34.1 Å². The molecule has 0 heterocycles. The molecule has 0 bridgehead atoms. The molecule has 1 atom stereocenters. The van der Waals surface area contributed by atoms with Crippen LogP contribution in [0, 0.1) is 16.7 Å². The van der Waals surface area contributed by atoms with E-state index >= 15 is 0 Å². The summed E-state index contributed by atoms with van der Waals surface area (Å²) in [5.74, 6) is -4.86. The number of aliphatic carboxylic acids is 3. The summed E-state index contributed by atoms with van der Waals surface area (Å²) in [6, 6.07) is 0. The number of carboxylic acid groups (broad SMARTS) is 3. The smallest absolute Gasteiger partial charge is 0.330 e. The summed E-state index contributed by atoms with van der Waals surface area (Å²) < 4.78 is 0. The lowest BCUT2D eigenvalue weighted by Gasteiger charge is -2.49. The van der Waals surface area contributed by atoms with E-state index in [0.29, 0.717) is 0 Å². The molecule has 6 N–H and O–H groups in total. The molecule has 0 aromatic rings. The van der Waals surface area contributed by atoms with Gasteiger partial charge in [0.2, 0.25) is 0 Å². The van der Waals surface area contributed by atoms with E-state index < -0.39 is 54.5 Å². The van der Waals surface area contributed by atoms with Crippen molar-refractivity contribution in [2.75, 3.05) is 19.8 Å². The molecule has 0 aromatic heterocycles. The summed E-state index contributed by atoms with van der Waals surface area (Å²) in [6.45, 7) is 3.27. The highest BCUT2D eigenvalue weighted by atomic mass is 16.4. The number of hydrogen-bond donors (Lipinski definition) is 6. The molecular formula is C20H30O9. The number of hydrogen-bond acceptors (Lipinski definition) is 6. The molecule has 0 spiro atoms. The summed E-state index contributed by atoms with van der Waals surface area (Å²) in [6.07, 6.45) is 3.57. The third-order valence-electron chi connectivity index (χ3n) is 5.30. The molecule has 164 valence electrons. The van der Waals surface area contributed by atoms with Crippen molar-refractivity contribution in [1.82, 2.24) is 0 Å². The third-order valence-corrected chi connectivity index (χ3v) is 5.30. The minimum absolute atomic E-state index is 0.235. The Morgan fingerprint density at radius 2 is 1.07 bits per heavy atom. The Kier molecular flexibility index (Phi) is 9.96. The number of carbonyl (C=O) groups is 3. The minimum Gasteiger partial charge on any atom is -0.478 e. The fourth-order valence-corrected chi connectivity index (χ4v) is 3.45. The van der Waals surface area contributed by atoms with Gasteiger partial charge in [-0.25, -0.2) is 14.4 Å². The van der Waals surface area contributed by atoms with E-state index in [1.54, 1.807) is 6.92 Å². The monoisotopic (exact) mass is 414 g/mol. The lowest BCUT2D eigenvalue weighted by molar-refractivity contribution is -0.133. The van der Waals surface area contributed by atoms with Crippen molar-refractivity contribution in [2.24, 2.45) is 16.7 Å². The molecule has 29 heavy (non-hydrogen) atoms. The Balaban J connectivity index is 7.64. The van der Waals surface area contributed by atoms with E-state index in [4.69, 9.17) is 0 Å². The molecule has 0 amide bonds. The number of aliphatic hydroxyl groups is 3. The van der Waals surface area contributed by atoms with Crippen LogP contribution in [-0.2, 0) is 14.4 Å². The van der Waals surface area contributed by atoms with Crippen LogP contribution in [0.25, 0.3) is 0 Å². The normalized spacial score (nSPS) is 16.9. The highest BCUT2D eigenvalue weighted by Gasteiger charge is 2.52. The maximum absolute atomic E-state index is 11.5. The second kappa shape index (κ2) is 10.9. The lowest BCUT2D eigenvalue weighted by Crippen LogP contribution is -2.52. The van der Waals surface area contributed by atoms with Gasteiger partial charge in [0.05, 0.1) is 13.2 Å². The van der Waals surface area contributed by atoms with Crippen molar-refractivity contribution < 1.29 is 45.0 Å². The average molecular weight is 414 g/mol. The Bertz CT molecular complexity index is 633. The second-order valence-corrected chi connectivity index (χ2v) is 7.09. The van der Waals surface area contributed by atoms with E-state index in [-0.39, 0.29) is 23.1 Å². The fraction of sp³-hybridized carbons (Fsp3) is 0.550. The molecule has 0 saturated heterocycles. The largest absolute Gasteiger partial charge is 0.478 e. The predicted octanol–water partition coefficient (Wildman–Crippen LogP) is 1.05. The molecule has 9 heteroatoms. The molecule has 0 rings (SSSR count). The van der Waals surface area contributed by atoms with E-state index in [0.717, 1.165) is 18.2 Å². The lowest BCUT2D eigenvalue weighted by atomic mass is 9.55. The van der Waals surface area contributed by atoms with Gasteiger partial charge < -0.3 is 30.6 Å². The van der Waals surface area contributed by atoms with Crippen LogP contribution in [0.3, 0.4) is 0 Å². The zero-order valence-corrected chi connectivity index (χ0v) is 17.0. The van der Waals surface area contributed by atoms with Gasteiger partial charge in [-0.05, 0) is 26.7 Å². The summed E-state index contributed by atoms with van der Waals surface area (Å²) in [5, 5.41) is 58.6. The predicted molar refractivity (Wildman–Crippen MR) is 104 cm³/mol. The van der Waals surface area contributed by atoms with Gasteiger partial charge >= 0.3 is 17.9 Å². The standard InChI is InChI=1S/C20H30O9/c1-5-15(9-21)20(10-22,11-23)19(6-12(2)16(24)25,7-13(3)17(26)27)8-14(4)18(28)29/h6-8,15,21-23H,5,9-11H2,1-4H3,(H,24,25)(H,26,27)(H,28,29). The highest BCUT2D eigenvalue weighted by Crippen LogP contribution is 2.51. The van der Waals surface area contributed by atoms with Crippen LogP contribution >= 0.6 is 0 Å². The van der Waals surface area contributed by atoms with Crippen molar-refractivity contribution in [3.05, 3.63) is 34.9 Å². The van der Waals surface area contributed by atoms with Crippen LogP contribution in [0.5, 0.6) is 0 Å². The topological polar surface area (TPSA) is 173 Å². The molecule has 0 aliphatic heterocycles. The third kappa shape index (κ3) is 5.75. The molecule has 0 saturated carbocycles.